The minimum absolute atomic E-state index is 0.0941. The van der Waals surface area contributed by atoms with Gasteiger partial charge in [0.05, 0.1) is 7.11 Å². The minimum atomic E-state index is -0.0941. The average Bonchev–Trinajstić information content (AvgIpc) is 3.44. The quantitative estimate of drug-likeness (QED) is 0.414. The Kier molecular flexibility index (Phi) is 5.70. The molecule has 3 aromatic rings. The van der Waals surface area contributed by atoms with Crippen LogP contribution in [0.15, 0.2) is 54.7 Å². The van der Waals surface area contributed by atoms with Crippen LogP contribution in [0.5, 0.6) is 23.0 Å². The van der Waals surface area contributed by atoms with Gasteiger partial charge in [-0.25, -0.2) is 0 Å². The predicted molar refractivity (Wildman–Crippen MR) is 111 cm³/mol. The standard InChI is InChI=1S/C23H22N2O5/c1-3-25-19(10-11-24-25)20(26)7-4-16-5-8-21(27-2)17(12-16)14-28-18-6-9-22-23(13-18)30-15-29-22/h4-13H,3,14-15H2,1-2H3/b7-4+. The summed E-state index contributed by atoms with van der Waals surface area (Å²) in [7, 11) is 1.62. The number of ether oxygens (including phenoxy) is 4. The third-order valence-corrected chi connectivity index (χ3v) is 4.74. The molecule has 0 bridgehead atoms. The molecule has 4 rings (SSSR count). The van der Waals surface area contributed by atoms with Gasteiger partial charge in [0, 0.05) is 24.4 Å². The highest BCUT2D eigenvalue weighted by Gasteiger charge is 2.14. The molecule has 7 nitrogen and oxygen atoms in total. The number of methoxy groups -OCH3 is 1. The van der Waals surface area contributed by atoms with Crippen molar-refractivity contribution in [2.75, 3.05) is 13.9 Å². The molecule has 2 aromatic carbocycles. The molecule has 0 atom stereocenters. The summed E-state index contributed by atoms with van der Waals surface area (Å²) in [4.78, 5) is 12.5. The molecule has 154 valence electrons. The van der Waals surface area contributed by atoms with Gasteiger partial charge in [0.1, 0.15) is 23.8 Å². The highest BCUT2D eigenvalue weighted by molar-refractivity contribution is 6.05. The zero-order valence-corrected chi connectivity index (χ0v) is 16.8. The van der Waals surface area contributed by atoms with Gasteiger partial charge in [0.25, 0.3) is 0 Å². The summed E-state index contributed by atoms with van der Waals surface area (Å²) < 4.78 is 23.7. The van der Waals surface area contributed by atoms with Crippen molar-refractivity contribution in [3.8, 4) is 23.0 Å². The van der Waals surface area contributed by atoms with E-state index in [2.05, 4.69) is 5.10 Å². The first-order chi connectivity index (χ1) is 14.7. The number of hydrogen-bond donors (Lipinski definition) is 0. The van der Waals surface area contributed by atoms with Gasteiger partial charge in [-0.3, -0.25) is 9.48 Å². The highest BCUT2D eigenvalue weighted by Crippen LogP contribution is 2.35. The molecule has 1 aromatic heterocycles. The molecule has 0 radical (unpaired) electrons. The van der Waals surface area contributed by atoms with E-state index < -0.39 is 0 Å². The van der Waals surface area contributed by atoms with Gasteiger partial charge in [-0.15, -0.1) is 0 Å². The molecule has 0 unspecified atom stereocenters. The van der Waals surface area contributed by atoms with Crippen LogP contribution in [0.4, 0.5) is 0 Å². The summed E-state index contributed by atoms with van der Waals surface area (Å²) in [5.41, 5.74) is 2.30. The van der Waals surface area contributed by atoms with Crippen LogP contribution in [0.25, 0.3) is 6.08 Å². The SMILES string of the molecule is CCn1nccc1C(=O)/C=C/c1ccc(OC)c(COc2ccc3c(c2)OCO3)c1. The van der Waals surface area contributed by atoms with Crippen molar-refractivity contribution < 1.29 is 23.7 Å². The molecule has 0 saturated carbocycles. The maximum Gasteiger partial charge on any atom is 0.231 e. The van der Waals surface area contributed by atoms with Crippen LogP contribution in [0.2, 0.25) is 0 Å². The number of benzene rings is 2. The van der Waals surface area contributed by atoms with Crippen LogP contribution < -0.4 is 18.9 Å². The summed E-state index contributed by atoms with van der Waals surface area (Å²) in [6, 6.07) is 12.9. The molecule has 0 N–H and O–H groups in total. The van der Waals surface area contributed by atoms with Crippen molar-refractivity contribution in [1.29, 1.82) is 0 Å². The number of fused-ring (bicyclic) bond motifs is 1. The predicted octanol–water partition coefficient (Wildman–Crippen LogP) is 4.12. The molecule has 0 amide bonds. The third kappa shape index (κ3) is 4.15. The van der Waals surface area contributed by atoms with Crippen molar-refractivity contribution in [2.24, 2.45) is 0 Å². The first kappa shape index (κ1) is 19.6. The third-order valence-electron chi connectivity index (χ3n) is 4.74. The van der Waals surface area contributed by atoms with Crippen LogP contribution in [0.3, 0.4) is 0 Å². The first-order valence-corrected chi connectivity index (χ1v) is 9.61. The Balaban J connectivity index is 1.48. The number of allylic oxidation sites excluding steroid dienone is 1. The molecule has 1 aliphatic rings. The Morgan fingerprint density at radius 3 is 2.87 bits per heavy atom. The molecule has 30 heavy (non-hydrogen) atoms. The van der Waals surface area contributed by atoms with E-state index in [-0.39, 0.29) is 12.6 Å². The summed E-state index contributed by atoms with van der Waals surface area (Å²) in [6.07, 6.45) is 4.95. The normalized spacial score (nSPS) is 12.3. The molecule has 1 aliphatic heterocycles. The summed E-state index contributed by atoms with van der Waals surface area (Å²) in [5.74, 6) is 2.67. The average molecular weight is 406 g/mol. The monoisotopic (exact) mass is 406 g/mol. The van der Waals surface area contributed by atoms with E-state index in [9.17, 15) is 4.79 Å². The lowest BCUT2D eigenvalue weighted by Crippen LogP contribution is -2.07. The second kappa shape index (κ2) is 8.73. The van der Waals surface area contributed by atoms with Crippen molar-refractivity contribution >= 4 is 11.9 Å². The summed E-state index contributed by atoms with van der Waals surface area (Å²) in [5, 5.41) is 4.13. The lowest BCUT2D eigenvalue weighted by molar-refractivity contribution is 0.103. The molecule has 0 saturated heterocycles. The topological polar surface area (TPSA) is 71.8 Å². The second-order valence-electron chi connectivity index (χ2n) is 6.60. The van der Waals surface area contributed by atoms with Gasteiger partial charge in [-0.2, -0.15) is 5.10 Å². The Hall–Kier alpha value is -3.74. The van der Waals surface area contributed by atoms with E-state index in [0.717, 1.165) is 11.1 Å². The number of carbonyl (C=O) groups excluding carboxylic acids is 1. The fourth-order valence-corrected chi connectivity index (χ4v) is 3.19. The smallest absolute Gasteiger partial charge is 0.231 e. The van der Waals surface area contributed by atoms with E-state index in [1.54, 1.807) is 42.3 Å². The maximum atomic E-state index is 12.5. The van der Waals surface area contributed by atoms with Gasteiger partial charge in [0.2, 0.25) is 12.6 Å². The van der Waals surface area contributed by atoms with Crippen LogP contribution in [0, 0.1) is 0 Å². The summed E-state index contributed by atoms with van der Waals surface area (Å²) in [6.45, 7) is 3.12. The van der Waals surface area contributed by atoms with Crippen LogP contribution in [0.1, 0.15) is 28.5 Å². The molecule has 0 fully saturated rings. The van der Waals surface area contributed by atoms with Crippen LogP contribution >= 0.6 is 0 Å². The van der Waals surface area contributed by atoms with E-state index in [1.807, 2.05) is 37.3 Å². The van der Waals surface area contributed by atoms with Gasteiger partial charge in [-0.1, -0.05) is 12.1 Å². The molecular weight excluding hydrogens is 384 g/mol. The number of aromatic nitrogens is 2. The van der Waals surface area contributed by atoms with Crippen LogP contribution in [-0.2, 0) is 13.2 Å². The largest absolute Gasteiger partial charge is 0.496 e. The van der Waals surface area contributed by atoms with E-state index >= 15 is 0 Å². The Bertz CT molecular complexity index is 1090. The number of carbonyl (C=O) groups is 1. The van der Waals surface area contributed by atoms with Gasteiger partial charge in [0.15, 0.2) is 11.5 Å². The minimum Gasteiger partial charge on any atom is -0.496 e. The lowest BCUT2D eigenvalue weighted by Gasteiger charge is -2.11. The Morgan fingerprint density at radius 1 is 1.17 bits per heavy atom. The fourth-order valence-electron chi connectivity index (χ4n) is 3.19. The molecule has 7 heteroatoms. The number of ketones is 1. The van der Waals surface area contributed by atoms with E-state index in [4.69, 9.17) is 18.9 Å². The van der Waals surface area contributed by atoms with Crippen LogP contribution in [-0.4, -0.2) is 29.5 Å². The first-order valence-electron chi connectivity index (χ1n) is 9.61. The number of hydrogen-bond acceptors (Lipinski definition) is 6. The molecule has 0 spiro atoms. The maximum absolute atomic E-state index is 12.5. The van der Waals surface area contributed by atoms with Gasteiger partial charge < -0.3 is 18.9 Å². The van der Waals surface area contributed by atoms with Crippen molar-refractivity contribution in [2.45, 2.75) is 20.1 Å². The van der Waals surface area contributed by atoms with Gasteiger partial charge >= 0.3 is 0 Å². The van der Waals surface area contributed by atoms with E-state index in [0.29, 0.717) is 41.8 Å². The Labute approximate surface area is 174 Å². The van der Waals surface area contributed by atoms with Gasteiger partial charge in [-0.05, 0) is 48.9 Å². The summed E-state index contributed by atoms with van der Waals surface area (Å²) >= 11 is 0. The molecular formula is C23H22N2O5. The van der Waals surface area contributed by atoms with E-state index in [1.165, 1.54) is 0 Å². The molecule has 0 aliphatic carbocycles. The van der Waals surface area contributed by atoms with Crippen molar-refractivity contribution in [3.63, 3.8) is 0 Å². The second-order valence-corrected chi connectivity index (χ2v) is 6.60. The van der Waals surface area contributed by atoms with Crippen molar-refractivity contribution in [3.05, 3.63) is 71.6 Å². The Morgan fingerprint density at radius 2 is 2.03 bits per heavy atom. The number of nitrogens with zero attached hydrogens (tertiary/aromatic N) is 2. The highest BCUT2D eigenvalue weighted by atomic mass is 16.7. The fraction of sp³-hybridized carbons (Fsp3) is 0.217. The number of aryl methyl sites for hydroxylation is 1. The number of rotatable bonds is 8. The molecule has 2 heterocycles. The zero-order chi connectivity index (χ0) is 20.9. The zero-order valence-electron chi connectivity index (χ0n) is 16.8. The lowest BCUT2D eigenvalue weighted by atomic mass is 10.1. The van der Waals surface area contributed by atoms with Crippen molar-refractivity contribution in [1.82, 2.24) is 9.78 Å².